The van der Waals surface area contributed by atoms with E-state index in [0.29, 0.717) is 17.0 Å². The molecule has 1 aromatic rings. The van der Waals surface area contributed by atoms with Gasteiger partial charge in [-0.3, -0.25) is 4.79 Å². The predicted octanol–water partition coefficient (Wildman–Crippen LogP) is 1.81. The fourth-order valence-corrected chi connectivity index (χ4v) is 1.28. The zero-order chi connectivity index (χ0) is 12.3. The van der Waals surface area contributed by atoms with Crippen molar-refractivity contribution < 1.29 is 9.53 Å². The molecule has 4 heteroatoms. The lowest BCUT2D eigenvalue weighted by Gasteiger charge is -2.20. The third kappa shape index (κ3) is 3.46. The molecule has 0 unspecified atom stereocenters. The molecule has 0 aliphatic carbocycles. The van der Waals surface area contributed by atoms with Gasteiger partial charge in [0.1, 0.15) is 5.75 Å². The third-order valence-electron chi connectivity index (χ3n) is 1.92. The van der Waals surface area contributed by atoms with E-state index >= 15 is 0 Å². The van der Waals surface area contributed by atoms with Gasteiger partial charge in [-0.05, 0) is 32.9 Å². The van der Waals surface area contributed by atoms with Gasteiger partial charge in [0, 0.05) is 22.9 Å². The first kappa shape index (κ1) is 12.4. The lowest BCUT2D eigenvalue weighted by atomic mass is 10.1. The minimum atomic E-state index is -0.269. The molecule has 0 fully saturated rings. The van der Waals surface area contributed by atoms with Gasteiger partial charge < -0.3 is 15.8 Å². The van der Waals surface area contributed by atoms with Crippen molar-refractivity contribution in [1.82, 2.24) is 5.32 Å². The lowest BCUT2D eigenvalue weighted by Crippen LogP contribution is -2.40. The summed E-state index contributed by atoms with van der Waals surface area (Å²) < 4.78 is 5.06. The number of carbonyl (C=O) groups is 1. The van der Waals surface area contributed by atoms with Crippen LogP contribution < -0.4 is 15.8 Å². The van der Waals surface area contributed by atoms with E-state index in [4.69, 9.17) is 10.5 Å². The van der Waals surface area contributed by atoms with Crippen molar-refractivity contribution in [1.29, 1.82) is 0 Å². The van der Waals surface area contributed by atoms with Crippen LogP contribution in [-0.4, -0.2) is 18.6 Å². The molecule has 0 saturated heterocycles. The Morgan fingerprint density at radius 1 is 1.31 bits per heavy atom. The molecule has 3 N–H and O–H groups in total. The molecule has 0 aliphatic heterocycles. The van der Waals surface area contributed by atoms with Gasteiger partial charge >= 0.3 is 0 Å². The van der Waals surface area contributed by atoms with Gasteiger partial charge in [-0.25, -0.2) is 0 Å². The minimum absolute atomic E-state index is 0.155. The van der Waals surface area contributed by atoms with Crippen LogP contribution in [0.4, 0.5) is 5.69 Å². The van der Waals surface area contributed by atoms with E-state index in [-0.39, 0.29) is 11.4 Å². The lowest BCUT2D eigenvalue weighted by molar-refractivity contribution is 0.0919. The summed E-state index contributed by atoms with van der Waals surface area (Å²) in [4.78, 5) is 11.9. The molecule has 0 spiro atoms. The Balaban J connectivity index is 2.95. The van der Waals surface area contributed by atoms with E-state index in [1.807, 2.05) is 20.8 Å². The van der Waals surface area contributed by atoms with Crippen molar-refractivity contribution >= 4 is 11.6 Å². The number of amides is 1. The zero-order valence-corrected chi connectivity index (χ0v) is 10.1. The fraction of sp³-hybridized carbons (Fsp3) is 0.417. The number of ether oxygens (including phenoxy) is 1. The highest BCUT2D eigenvalue weighted by Crippen LogP contribution is 2.18. The number of rotatable bonds is 2. The van der Waals surface area contributed by atoms with Crippen molar-refractivity contribution in [2.45, 2.75) is 26.3 Å². The summed E-state index contributed by atoms with van der Waals surface area (Å²) in [5.74, 6) is 0.428. The van der Waals surface area contributed by atoms with Crippen molar-refractivity contribution in [2.24, 2.45) is 0 Å². The van der Waals surface area contributed by atoms with E-state index < -0.39 is 0 Å². The molecule has 0 aromatic heterocycles. The number of nitrogens with two attached hydrogens (primary N) is 1. The first-order chi connectivity index (χ1) is 7.31. The molecule has 0 atom stereocenters. The Hall–Kier alpha value is -1.71. The fourth-order valence-electron chi connectivity index (χ4n) is 1.28. The number of anilines is 1. The van der Waals surface area contributed by atoms with Crippen LogP contribution in [0.1, 0.15) is 31.1 Å². The molecule has 16 heavy (non-hydrogen) atoms. The molecule has 0 radical (unpaired) electrons. The molecule has 4 nitrogen and oxygen atoms in total. The summed E-state index contributed by atoms with van der Waals surface area (Å²) >= 11 is 0. The first-order valence-electron chi connectivity index (χ1n) is 5.09. The highest BCUT2D eigenvalue weighted by Gasteiger charge is 2.16. The molecule has 1 amide bonds. The van der Waals surface area contributed by atoms with Crippen LogP contribution in [0.15, 0.2) is 18.2 Å². The van der Waals surface area contributed by atoms with E-state index in [2.05, 4.69) is 5.32 Å². The first-order valence-corrected chi connectivity index (χ1v) is 5.09. The Morgan fingerprint density at radius 2 is 1.94 bits per heavy atom. The van der Waals surface area contributed by atoms with Gasteiger partial charge in [-0.1, -0.05) is 0 Å². The topological polar surface area (TPSA) is 64.3 Å². The number of nitrogen functional groups attached to an aromatic ring is 1. The van der Waals surface area contributed by atoms with Crippen LogP contribution in [0.5, 0.6) is 5.75 Å². The van der Waals surface area contributed by atoms with Crippen LogP contribution in [0.3, 0.4) is 0 Å². The summed E-state index contributed by atoms with van der Waals surface area (Å²) in [5.41, 5.74) is 6.43. The standard InChI is InChI=1S/C12H18N2O2/c1-12(2,3)14-11(15)8-5-9(13)7-10(6-8)16-4/h5-7H,13H2,1-4H3,(H,14,15). The van der Waals surface area contributed by atoms with Crippen molar-refractivity contribution in [3.8, 4) is 5.75 Å². The molecule has 0 bridgehead atoms. The molecule has 0 aliphatic rings. The highest BCUT2D eigenvalue weighted by atomic mass is 16.5. The summed E-state index contributed by atoms with van der Waals surface area (Å²) in [7, 11) is 1.54. The monoisotopic (exact) mass is 222 g/mol. The maximum Gasteiger partial charge on any atom is 0.251 e. The normalized spacial score (nSPS) is 11.0. The molecular formula is C12H18N2O2. The van der Waals surface area contributed by atoms with E-state index in [1.165, 1.54) is 0 Å². The quantitative estimate of drug-likeness (QED) is 0.750. The molecule has 0 heterocycles. The van der Waals surface area contributed by atoms with Crippen LogP contribution in [0.25, 0.3) is 0 Å². The van der Waals surface area contributed by atoms with E-state index in [9.17, 15) is 4.79 Å². The SMILES string of the molecule is COc1cc(N)cc(C(=O)NC(C)(C)C)c1. The van der Waals surface area contributed by atoms with Gasteiger partial charge in [0.2, 0.25) is 0 Å². The van der Waals surface area contributed by atoms with Crippen LogP contribution in [-0.2, 0) is 0 Å². The average molecular weight is 222 g/mol. The van der Waals surface area contributed by atoms with Crippen molar-refractivity contribution in [3.05, 3.63) is 23.8 Å². The third-order valence-corrected chi connectivity index (χ3v) is 1.92. The molecule has 1 rings (SSSR count). The second-order valence-corrected chi connectivity index (χ2v) is 4.70. The van der Waals surface area contributed by atoms with Gasteiger partial charge in [-0.2, -0.15) is 0 Å². The van der Waals surface area contributed by atoms with Gasteiger partial charge in [0.05, 0.1) is 7.11 Å². The highest BCUT2D eigenvalue weighted by molar-refractivity contribution is 5.95. The largest absolute Gasteiger partial charge is 0.497 e. The summed E-state index contributed by atoms with van der Waals surface area (Å²) in [6.07, 6.45) is 0. The van der Waals surface area contributed by atoms with Gasteiger partial charge in [0.25, 0.3) is 5.91 Å². The number of nitrogens with one attached hydrogen (secondary N) is 1. The molecule has 1 aromatic carbocycles. The second kappa shape index (κ2) is 4.43. The van der Waals surface area contributed by atoms with Crippen molar-refractivity contribution in [3.63, 3.8) is 0 Å². The van der Waals surface area contributed by atoms with Crippen LogP contribution in [0, 0.1) is 0 Å². The Kier molecular flexibility index (Phi) is 3.42. The molecule has 88 valence electrons. The van der Waals surface area contributed by atoms with Gasteiger partial charge in [0.15, 0.2) is 0 Å². The van der Waals surface area contributed by atoms with Crippen LogP contribution >= 0.6 is 0 Å². The smallest absolute Gasteiger partial charge is 0.251 e. The summed E-state index contributed by atoms with van der Waals surface area (Å²) in [6, 6.07) is 4.97. The minimum Gasteiger partial charge on any atom is -0.497 e. The number of hydrogen-bond donors (Lipinski definition) is 2. The average Bonchev–Trinajstić information content (AvgIpc) is 2.14. The maximum atomic E-state index is 11.9. The van der Waals surface area contributed by atoms with Crippen molar-refractivity contribution in [2.75, 3.05) is 12.8 Å². The van der Waals surface area contributed by atoms with Crippen LogP contribution in [0.2, 0.25) is 0 Å². The number of benzene rings is 1. The Labute approximate surface area is 95.8 Å². The summed E-state index contributed by atoms with van der Waals surface area (Å²) in [5, 5.41) is 2.86. The number of methoxy groups -OCH3 is 1. The van der Waals surface area contributed by atoms with E-state index in [1.54, 1.807) is 25.3 Å². The molecule has 0 saturated carbocycles. The number of carbonyl (C=O) groups excluding carboxylic acids is 1. The van der Waals surface area contributed by atoms with Gasteiger partial charge in [-0.15, -0.1) is 0 Å². The second-order valence-electron chi connectivity index (χ2n) is 4.70. The maximum absolute atomic E-state index is 11.9. The van der Waals surface area contributed by atoms with E-state index in [0.717, 1.165) is 0 Å². The zero-order valence-electron chi connectivity index (χ0n) is 10.1. The Morgan fingerprint density at radius 3 is 2.44 bits per heavy atom. The number of hydrogen-bond acceptors (Lipinski definition) is 3. The Bertz CT molecular complexity index is 394. The molecular weight excluding hydrogens is 204 g/mol. The summed E-state index contributed by atoms with van der Waals surface area (Å²) in [6.45, 7) is 5.78. The predicted molar refractivity (Wildman–Crippen MR) is 64.6 cm³/mol.